The molecule has 19 heavy (non-hydrogen) atoms. The van der Waals surface area contributed by atoms with E-state index in [0.29, 0.717) is 18.6 Å². The first-order chi connectivity index (χ1) is 8.70. The molecule has 0 aromatic carbocycles. The number of carbonyl (C=O) groups is 3. The van der Waals surface area contributed by atoms with Gasteiger partial charge in [-0.05, 0) is 17.3 Å². The third kappa shape index (κ3) is 3.22. The van der Waals surface area contributed by atoms with E-state index < -0.39 is 17.4 Å². The van der Waals surface area contributed by atoms with Gasteiger partial charge in [-0.2, -0.15) is 0 Å². The molecule has 2 rings (SSSR count). The van der Waals surface area contributed by atoms with E-state index in [-0.39, 0.29) is 30.6 Å². The van der Waals surface area contributed by atoms with Crippen LogP contribution >= 0.6 is 0 Å². The number of hydrogen-bond donors (Lipinski definition) is 0. The summed E-state index contributed by atoms with van der Waals surface area (Å²) < 4.78 is 9.51. The van der Waals surface area contributed by atoms with Crippen LogP contribution in [0.2, 0.25) is 0 Å². The van der Waals surface area contributed by atoms with Crippen LogP contribution in [0.1, 0.15) is 46.0 Å². The fourth-order valence-corrected chi connectivity index (χ4v) is 3.36. The molecule has 0 aromatic heterocycles. The molecule has 104 valence electrons. The van der Waals surface area contributed by atoms with Gasteiger partial charge in [0, 0.05) is 6.42 Å². The summed E-state index contributed by atoms with van der Waals surface area (Å²) in [6.07, 6.45) is 1.85. The molecule has 0 saturated carbocycles. The quantitative estimate of drug-likeness (QED) is 0.565. The maximum Gasteiger partial charge on any atom is 0.314 e. The molecule has 0 spiro atoms. The van der Waals surface area contributed by atoms with Crippen molar-refractivity contribution in [3.05, 3.63) is 12.3 Å². The lowest BCUT2D eigenvalue weighted by Gasteiger charge is -2.41. The second kappa shape index (κ2) is 4.47. The molecule has 0 amide bonds. The van der Waals surface area contributed by atoms with Gasteiger partial charge < -0.3 is 9.47 Å². The first-order valence-corrected chi connectivity index (χ1v) is 6.32. The monoisotopic (exact) mass is 266 g/mol. The fraction of sp³-hybridized carbons (Fsp3) is 0.643. The summed E-state index contributed by atoms with van der Waals surface area (Å²) in [7, 11) is 0. The topological polar surface area (TPSA) is 69.7 Å². The summed E-state index contributed by atoms with van der Waals surface area (Å²) in [6.45, 7) is 7.56. The Morgan fingerprint density at radius 2 is 1.32 bits per heavy atom. The molecule has 1 atom stereocenters. The average Bonchev–Trinajstić information content (AvgIpc) is 2.08. The highest BCUT2D eigenvalue weighted by Gasteiger charge is 2.45. The molecule has 0 radical (unpaired) electrons. The molecule has 0 aliphatic carbocycles. The Kier molecular flexibility index (Phi) is 3.24. The smallest absolute Gasteiger partial charge is 0.314 e. The second-order valence-electron chi connectivity index (χ2n) is 6.36. The lowest BCUT2D eigenvalue weighted by Crippen LogP contribution is -2.39. The predicted octanol–water partition coefficient (Wildman–Crippen LogP) is 2.10. The molecular weight excluding hydrogens is 248 g/mol. The number of ether oxygens (including phenoxy) is 2. The van der Waals surface area contributed by atoms with Crippen LogP contribution < -0.4 is 0 Å². The molecule has 1 unspecified atom stereocenters. The van der Waals surface area contributed by atoms with Crippen molar-refractivity contribution in [3.8, 4) is 0 Å². The van der Waals surface area contributed by atoms with Crippen LogP contribution in [0.3, 0.4) is 0 Å². The van der Waals surface area contributed by atoms with Crippen molar-refractivity contribution in [1.29, 1.82) is 0 Å². The van der Waals surface area contributed by atoms with E-state index in [2.05, 4.69) is 11.3 Å². The van der Waals surface area contributed by atoms with Crippen molar-refractivity contribution < 1.29 is 23.9 Å². The second-order valence-corrected chi connectivity index (χ2v) is 6.36. The Morgan fingerprint density at radius 1 is 0.895 bits per heavy atom. The minimum absolute atomic E-state index is 0.204. The summed E-state index contributed by atoms with van der Waals surface area (Å²) in [5.41, 5.74) is -0.780. The molecule has 0 bridgehead atoms. The Hall–Kier alpha value is -1.65. The zero-order valence-electron chi connectivity index (χ0n) is 11.3. The SMILES string of the molecule is C=C1CC(C)(CC2(C)CC(=O)OC(=O)C2)CC(=O)O1. The van der Waals surface area contributed by atoms with Crippen LogP contribution in [0, 0.1) is 10.8 Å². The van der Waals surface area contributed by atoms with Gasteiger partial charge in [0.15, 0.2) is 0 Å². The number of hydrogen-bond acceptors (Lipinski definition) is 5. The molecule has 0 aromatic rings. The van der Waals surface area contributed by atoms with Crippen molar-refractivity contribution in [2.24, 2.45) is 10.8 Å². The molecule has 2 aliphatic heterocycles. The van der Waals surface area contributed by atoms with E-state index in [4.69, 9.17) is 4.74 Å². The van der Waals surface area contributed by atoms with Crippen molar-refractivity contribution in [3.63, 3.8) is 0 Å². The maximum atomic E-state index is 11.5. The summed E-state index contributed by atoms with van der Waals surface area (Å²) in [5, 5.41) is 0. The van der Waals surface area contributed by atoms with Crippen LogP contribution in [0.25, 0.3) is 0 Å². The van der Waals surface area contributed by atoms with E-state index in [9.17, 15) is 14.4 Å². The van der Waals surface area contributed by atoms with Crippen molar-refractivity contribution in [2.45, 2.75) is 46.0 Å². The zero-order valence-corrected chi connectivity index (χ0v) is 11.3. The van der Waals surface area contributed by atoms with E-state index in [1.807, 2.05) is 13.8 Å². The van der Waals surface area contributed by atoms with Crippen LogP contribution in [-0.2, 0) is 23.9 Å². The standard InChI is InChI=1S/C14H18O5/c1-9-4-13(2,5-10(15)18-9)8-14(3)6-11(16)19-12(17)7-14/h1,4-8H2,2-3H3. The van der Waals surface area contributed by atoms with E-state index in [1.54, 1.807) is 0 Å². The molecular formula is C14H18O5. The zero-order chi connectivity index (χ0) is 14.3. The van der Waals surface area contributed by atoms with E-state index in [0.717, 1.165) is 0 Å². The highest BCUT2D eigenvalue weighted by molar-refractivity contribution is 5.89. The lowest BCUT2D eigenvalue weighted by atomic mass is 9.65. The van der Waals surface area contributed by atoms with Crippen molar-refractivity contribution in [1.82, 2.24) is 0 Å². The minimum atomic E-state index is -0.487. The van der Waals surface area contributed by atoms with Crippen LogP contribution in [0.15, 0.2) is 12.3 Å². The van der Waals surface area contributed by atoms with Crippen LogP contribution in [0.4, 0.5) is 0 Å². The van der Waals surface area contributed by atoms with Crippen LogP contribution in [0.5, 0.6) is 0 Å². The highest BCUT2D eigenvalue weighted by Crippen LogP contribution is 2.48. The number of rotatable bonds is 2. The molecule has 5 heteroatoms. The third-order valence-electron chi connectivity index (χ3n) is 3.68. The van der Waals surface area contributed by atoms with Gasteiger partial charge in [-0.25, -0.2) is 0 Å². The third-order valence-corrected chi connectivity index (χ3v) is 3.68. The van der Waals surface area contributed by atoms with Gasteiger partial charge in [-0.15, -0.1) is 0 Å². The van der Waals surface area contributed by atoms with E-state index in [1.165, 1.54) is 0 Å². The van der Waals surface area contributed by atoms with Crippen LogP contribution in [-0.4, -0.2) is 17.9 Å². The highest BCUT2D eigenvalue weighted by atomic mass is 16.6. The van der Waals surface area contributed by atoms with Crippen molar-refractivity contribution >= 4 is 17.9 Å². The summed E-state index contributed by atoms with van der Waals surface area (Å²) in [4.78, 5) is 34.3. The summed E-state index contributed by atoms with van der Waals surface area (Å²) >= 11 is 0. The van der Waals surface area contributed by atoms with Gasteiger partial charge in [-0.3, -0.25) is 14.4 Å². The number of carbonyl (C=O) groups excluding carboxylic acids is 3. The molecule has 0 N–H and O–H groups in total. The lowest BCUT2D eigenvalue weighted by molar-refractivity contribution is -0.170. The minimum Gasteiger partial charge on any atom is -0.432 e. The Labute approximate surface area is 111 Å². The Bertz CT molecular complexity index is 388. The Morgan fingerprint density at radius 3 is 1.79 bits per heavy atom. The fourth-order valence-electron chi connectivity index (χ4n) is 3.36. The van der Waals surface area contributed by atoms with Gasteiger partial charge in [0.05, 0.1) is 19.3 Å². The molecule has 2 saturated heterocycles. The molecule has 2 aliphatic rings. The largest absolute Gasteiger partial charge is 0.432 e. The normalized spacial score (nSPS) is 30.8. The van der Waals surface area contributed by atoms with E-state index >= 15 is 0 Å². The average molecular weight is 266 g/mol. The van der Waals surface area contributed by atoms with Gasteiger partial charge in [0.25, 0.3) is 0 Å². The van der Waals surface area contributed by atoms with Gasteiger partial charge in [0.1, 0.15) is 5.76 Å². The molecule has 5 nitrogen and oxygen atoms in total. The van der Waals surface area contributed by atoms with Crippen molar-refractivity contribution in [2.75, 3.05) is 0 Å². The number of esters is 3. The van der Waals surface area contributed by atoms with Gasteiger partial charge >= 0.3 is 17.9 Å². The summed E-state index contributed by atoms with van der Waals surface area (Å²) in [6, 6.07) is 0. The Balaban J connectivity index is 2.14. The molecule has 2 heterocycles. The first kappa shape index (κ1) is 13.8. The predicted molar refractivity (Wildman–Crippen MR) is 65.6 cm³/mol. The number of allylic oxidation sites excluding steroid dienone is 1. The van der Waals surface area contributed by atoms with Gasteiger partial charge in [0.2, 0.25) is 0 Å². The summed E-state index contributed by atoms with van der Waals surface area (Å²) in [5.74, 6) is -0.821. The number of cyclic esters (lactones) is 3. The maximum absolute atomic E-state index is 11.5. The molecule has 2 fully saturated rings. The van der Waals surface area contributed by atoms with Gasteiger partial charge in [-0.1, -0.05) is 20.4 Å². The first-order valence-electron chi connectivity index (χ1n) is 6.32.